The van der Waals surface area contributed by atoms with Gasteiger partial charge in [0.1, 0.15) is 6.29 Å². The van der Waals surface area contributed by atoms with E-state index in [1.54, 1.807) is 0 Å². The van der Waals surface area contributed by atoms with Gasteiger partial charge < -0.3 is 4.79 Å². The van der Waals surface area contributed by atoms with E-state index in [9.17, 15) is 4.79 Å². The molecule has 1 heteroatoms. The Labute approximate surface area is 108 Å². The lowest BCUT2D eigenvalue weighted by molar-refractivity contribution is -0.109. The Kier molecular flexibility index (Phi) is 4.08. The highest BCUT2D eigenvalue weighted by molar-refractivity contribution is 5.65. The minimum Gasteiger partial charge on any atom is -0.303 e. The maximum atomic E-state index is 11.4. The van der Waals surface area contributed by atoms with Gasteiger partial charge in [-0.05, 0) is 11.1 Å². The van der Waals surface area contributed by atoms with Crippen LogP contribution >= 0.6 is 0 Å². The number of carbonyl (C=O) groups is 1. The molecule has 0 aliphatic heterocycles. The van der Waals surface area contributed by atoms with Crippen molar-refractivity contribution in [2.45, 2.75) is 11.8 Å². The van der Waals surface area contributed by atoms with Gasteiger partial charge in [-0.15, -0.1) is 6.58 Å². The van der Waals surface area contributed by atoms with E-state index >= 15 is 0 Å². The zero-order valence-corrected chi connectivity index (χ0v) is 10.2. The third-order valence-electron chi connectivity index (χ3n) is 3.16. The average molecular weight is 236 g/mol. The first-order valence-corrected chi connectivity index (χ1v) is 6.04. The quantitative estimate of drug-likeness (QED) is 0.567. The Morgan fingerprint density at radius 3 is 1.61 bits per heavy atom. The molecule has 0 saturated heterocycles. The van der Waals surface area contributed by atoms with E-state index in [1.165, 1.54) is 0 Å². The van der Waals surface area contributed by atoms with Gasteiger partial charge in [0.2, 0.25) is 0 Å². The lowest BCUT2D eigenvalue weighted by Gasteiger charge is -2.20. The van der Waals surface area contributed by atoms with Crippen LogP contribution in [0.1, 0.15) is 23.0 Å². The van der Waals surface area contributed by atoms with Gasteiger partial charge >= 0.3 is 0 Å². The highest BCUT2D eigenvalue weighted by Gasteiger charge is 2.21. The molecular formula is C17H16O. The summed E-state index contributed by atoms with van der Waals surface area (Å²) in [5.74, 6) is -0.155. The van der Waals surface area contributed by atoms with Crippen LogP contribution in [-0.4, -0.2) is 6.29 Å². The predicted octanol–water partition coefficient (Wildman–Crippen LogP) is 3.94. The normalized spacial score (nSPS) is 13.6. The SMILES string of the molecule is C=C[C@@H](c1ccccc1)[C@H](C=O)c1ccccc1. The van der Waals surface area contributed by atoms with Crippen molar-refractivity contribution in [3.63, 3.8) is 0 Å². The third-order valence-corrected chi connectivity index (χ3v) is 3.16. The molecule has 0 aromatic heterocycles. The highest BCUT2D eigenvalue weighted by Crippen LogP contribution is 2.32. The molecule has 0 radical (unpaired) electrons. The molecule has 18 heavy (non-hydrogen) atoms. The number of allylic oxidation sites excluding steroid dienone is 1. The maximum absolute atomic E-state index is 11.4. The molecule has 0 amide bonds. The van der Waals surface area contributed by atoms with Crippen LogP contribution in [0.15, 0.2) is 73.3 Å². The minimum atomic E-state index is -0.175. The number of hydrogen-bond donors (Lipinski definition) is 0. The Balaban J connectivity index is 2.37. The van der Waals surface area contributed by atoms with Crippen LogP contribution < -0.4 is 0 Å². The van der Waals surface area contributed by atoms with Gasteiger partial charge in [0.05, 0.1) is 0 Å². The molecule has 0 fully saturated rings. The predicted molar refractivity (Wildman–Crippen MR) is 74.6 cm³/mol. The smallest absolute Gasteiger partial charge is 0.128 e. The van der Waals surface area contributed by atoms with Crippen LogP contribution in [0.3, 0.4) is 0 Å². The number of hydrogen-bond acceptors (Lipinski definition) is 1. The van der Waals surface area contributed by atoms with Crippen molar-refractivity contribution in [1.29, 1.82) is 0 Å². The lowest BCUT2D eigenvalue weighted by Crippen LogP contribution is -2.10. The van der Waals surface area contributed by atoms with Gasteiger partial charge in [-0.2, -0.15) is 0 Å². The number of benzene rings is 2. The molecule has 90 valence electrons. The fourth-order valence-electron chi connectivity index (χ4n) is 2.21. The van der Waals surface area contributed by atoms with Crippen molar-refractivity contribution >= 4 is 6.29 Å². The summed E-state index contributed by atoms with van der Waals surface area (Å²) in [6.45, 7) is 3.87. The summed E-state index contributed by atoms with van der Waals surface area (Å²) in [6.07, 6.45) is 2.86. The van der Waals surface area contributed by atoms with E-state index in [4.69, 9.17) is 0 Å². The Bertz CT molecular complexity index is 452. The van der Waals surface area contributed by atoms with E-state index < -0.39 is 0 Å². The number of carbonyl (C=O) groups excluding carboxylic acids is 1. The highest BCUT2D eigenvalue weighted by atomic mass is 16.1. The van der Waals surface area contributed by atoms with Crippen LogP contribution in [-0.2, 0) is 4.79 Å². The summed E-state index contributed by atoms with van der Waals surface area (Å²) in [7, 11) is 0. The zero-order valence-electron chi connectivity index (χ0n) is 10.2. The number of aldehydes is 1. The molecule has 0 aliphatic carbocycles. The second kappa shape index (κ2) is 5.97. The zero-order chi connectivity index (χ0) is 12.8. The van der Waals surface area contributed by atoms with Crippen molar-refractivity contribution in [2.75, 3.05) is 0 Å². The summed E-state index contributed by atoms with van der Waals surface area (Å²) in [6, 6.07) is 19.8. The fourth-order valence-corrected chi connectivity index (χ4v) is 2.21. The summed E-state index contributed by atoms with van der Waals surface area (Å²) in [5, 5.41) is 0. The van der Waals surface area contributed by atoms with Crippen molar-refractivity contribution in [3.8, 4) is 0 Å². The standard InChI is InChI=1S/C17H16O/c1-2-16(14-9-5-3-6-10-14)17(13-18)15-11-7-4-8-12-15/h2-13,16-17H,1H2/t16-,17+/m0/s1. The molecule has 0 aliphatic rings. The van der Waals surface area contributed by atoms with E-state index in [1.807, 2.05) is 66.7 Å². The second-order valence-electron chi connectivity index (χ2n) is 4.24. The van der Waals surface area contributed by atoms with Gasteiger partial charge in [-0.1, -0.05) is 66.7 Å². The maximum Gasteiger partial charge on any atom is 0.128 e. The van der Waals surface area contributed by atoms with Gasteiger partial charge in [0.15, 0.2) is 0 Å². The van der Waals surface area contributed by atoms with Gasteiger partial charge in [0, 0.05) is 11.8 Å². The molecule has 0 spiro atoms. The molecule has 2 atom stereocenters. The molecule has 0 unspecified atom stereocenters. The van der Waals surface area contributed by atoms with Crippen molar-refractivity contribution < 1.29 is 4.79 Å². The first-order chi connectivity index (χ1) is 8.86. The topological polar surface area (TPSA) is 17.1 Å². The monoisotopic (exact) mass is 236 g/mol. The van der Waals surface area contributed by atoms with E-state index in [0.717, 1.165) is 17.4 Å². The first-order valence-electron chi connectivity index (χ1n) is 6.04. The largest absolute Gasteiger partial charge is 0.303 e. The molecule has 0 N–H and O–H groups in total. The Hall–Kier alpha value is -2.15. The van der Waals surface area contributed by atoms with Crippen LogP contribution in [0.25, 0.3) is 0 Å². The van der Waals surface area contributed by atoms with Crippen molar-refractivity contribution in [2.24, 2.45) is 0 Å². The Morgan fingerprint density at radius 2 is 1.22 bits per heavy atom. The molecule has 2 rings (SSSR count). The van der Waals surface area contributed by atoms with Gasteiger partial charge in [0.25, 0.3) is 0 Å². The summed E-state index contributed by atoms with van der Waals surface area (Å²) in [4.78, 5) is 11.4. The summed E-state index contributed by atoms with van der Waals surface area (Å²) in [5.41, 5.74) is 2.15. The van der Waals surface area contributed by atoms with E-state index in [-0.39, 0.29) is 11.8 Å². The molecule has 0 saturated carbocycles. The van der Waals surface area contributed by atoms with Gasteiger partial charge in [-0.25, -0.2) is 0 Å². The Morgan fingerprint density at radius 1 is 0.778 bits per heavy atom. The van der Waals surface area contributed by atoms with E-state index in [0.29, 0.717) is 0 Å². The van der Waals surface area contributed by atoms with Crippen LogP contribution in [0.5, 0.6) is 0 Å². The first kappa shape index (κ1) is 12.3. The molecule has 1 nitrogen and oxygen atoms in total. The molecule has 2 aromatic carbocycles. The minimum absolute atomic E-state index is 0.0195. The van der Waals surface area contributed by atoms with Crippen molar-refractivity contribution in [3.05, 3.63) is 84.4 Å². The molecular weight excluding hydrogens is 220 g/mol. The van der Waals surface area contributed by atoms with Gasteiger partial charge in [-0.3, -0.25) is 0 Å². The van der Waals surface area contributed by atoms with Crippen LogP contribution in [0, 0.1) is 0 Å². The molecule has 0 bridgehead atoms. The lowest BCUT2D eigenvalue weighted by atomic mass is 9.82. The average Bonchev–Trinajstić information content (AvgIpc) is 2.46. The molecule has 2 aromatic rings. The summed E-state index contributed by atoms with van der Waals surface area (Å²) >= 11 is 0. The molecule has 0 heterocycles. The third kappa shape index (κ3) is 2.57. The van der Waals surface area contributed by atoms with E-state index in [2.05, 4.69) is 6.58 Å². The van der Waals surface area contributed by atoms with Crippen LogP contribution in [0.2, 0.25) is 0 Å². The van der Waals surface area contributed by atoms with Crippen LogP contribution in [0.4, 0.5) is 0 Å². The second-order valence-corrected chi connectivity index (χ2v) is 4.24. The summed E-state index contributed by atoms with van der Waals surface area (Å²) < 4.78 is 0. The fraction of sp³-hybridized carbons (Fsp3) is 0.118. The van der Waals surface area contributed by atoms with Crippen molar-refractivity contribution in [1.82, 2.24) is 0 Å². The number of rotatable bonds is 5.